The molecule has 0 spiro atoms. The zero-order chi connectivity index (χ0) is 13.9. The zero-order valence-corrected chi connectivity index (χ0v) is 8.84. The first kappa shape index (κ1) is 14.6. The summed E-state index contributed by atoms with van der Waals surface area (Å²) in [5.74, 6) is -0.921. The molecule has 1 aromatic heterocycles. The van der Waals surface area contributed by atoms with Gasteiger partial charge in [0, 0.05) is 18.2 Å². The van der Waals surface area contributed by atoms with Gasteiger partial charge in [0.15, 0.2) is 0 Å². The van der Waals surface area contributed by atoms with Crippen LogP contribution in [0.3, 0.4) is 0 Å². The van der Waals surface area contributed by atoms with Crippen LogP contribution in [0.2, 0.25) is 0 Å². The van der Waals surface area contributed by atoms with E-state index in [0.29, 0.717) is 0 Å². The fourth-order valence-corrected chi connectivity index (χ4v) is 1.28. The van der Waals surface area contributed by atoms with E-state index < -0.39 is 36.4 Å². The van der Waals surface area contributed by atoms with Crippen molar-refractivity contribution in [3.05, 3.63) is 23.0 Å². The maximum Gasteiger partial charge on any atom is 0.573 e. The largest absolute Gasteiger partial charge is 0.573 e. The van der Waals surface area contributed by atoms with Crippen molar-refractivity contribution in [2.24, 2.45) is 5.73 Å². The van der Waals surface area contributed by atoms with Gasteiger partial charge in [0.2, 0.25) is 0 Å². The van der Waals surface area contributed by atoms with E-state index in [1.54, 1.807) is 0 Å². The molecular formula is C9H9F5N2O2. The SMILES string of the molecule is NCc1cc(OC(F)(F)F)c(CO)c(C(F)F)n1. The van der Waals surface area contributed by atoms with Crippen molar-refractivity contribution in [3.8, 4) is 5.75 Å². The lowest BCUT2D eigenvalue weighted by Gasteiger charge is -2.16. The Morgan fingerprint density at radius 2 is 2.00 bits per heavy atom. The average molecular weight is 272 g/mol. The molecule has 18 heavy (non-hydrogen) atoms. The van der Waals surface area contributed by atoms with Crippen LogP contribution < -0.4 is 10.5 Å². The first-order valence-corrected chi connectivity index (χ1v) is 4.66. The number of pyridine rings is 1. The Hall–Kier alpha value is -1.48. The van der Waals surface area contributed by atoms with E-state index in [1.807, 2.05) is 0 Å². The van der Waals surface area contributed by atoms with E-state index in [1.165, 1.54) is 0 Å². The standard InChI is InChI=1S/C9H9F5N2O2/c10-8(11)7-5(3-17)6(18-9(12,13)14)1-4(2-15)16-7/h1,8,17H,2-3,15H2. The highest BCUT2D eigenvalue weighted by Gasteiger charge is 2.33. The van der Waals surface area contributed by atoms with Gasteiger partial charge in [-0.15, -0.1) is 13.2 Å². The number of aliphatic hydroxyl groups is 1. The number of aromatic nitrogens is 1. The molecule has 1 rings (SSSR count). The van der Waals surface area contributed by atoms with Crippen LogP contribution in [-0.2, 0) is 13.2 Å². The second-order valence-electron chi connectivity index (χ2n) is 3.19. The van der Waals surface area contributed by atoms with Gasteiger partial charge in [-0.05, 0) is 0 Å². The predicted octanol–water partition coefficient (Wildman–Crippen LogP) is 1.87. The highest BCUT2D eigenvalue weighted by molar-refractivity contribution is 5.38. The Morgan fingerprint density at radius 1 is 1.39 bits per heavy atom. The molecule has 0 saturated heterocycles. The molecule has 0 unspecified atom stereocenters. The van der Waals surface area contributed by atoms with E-state index in [-0.39, 0.29) is 12.2 Å². The Kier molecular flexibility index (Phi) is 4.41. The number of rotatable bonds is 4. The molecule has 102 valence electrons. The van der Waals surface area contributed by atoms with Gasteiger partial charge in [0.25, 0.3) is 6.43 Å². The maximum absolute atomic E-state index is 12.6. The third-order valence-corrected chi connectivity index (χ3v) is 1.97. The highest BCUT2D eigenvalue weighted by atomic mass is 19.4. The van der Waals surface area contributed by atoms with Crippen molar-refractivity contribution in [1.29, 1.82) is 0 Å². The third kappa shape index (κ3) is 3.50. The van der Waals surface area contributed by atoms with Crippen LogP contribution in [0.25, 0.3) is 0 Å². The fourth-order valence-electron chi connectivity index (χ4n) is 1.28. The molecule has 4 nitrogen and oxygen atoms in total. The lowest BCUT2D eigenvalue weighted by Crippen LogP contribution is -2.20. The fraction of sp³-hybridized carbons (Fsp3) is 0.444. The van der Waals surface area contributed by atoms with Gasteiger partial charge in [-0.1, -0.05) is 0 Å². The lowest BCUT2D eigenvalue weighted by atomic mass is 10.1. The normalized spacial score (nSPS) is 12.0. The number of nitrogens with zero attached hydrogens (tertiary/aromatic N) is 1. The van der Waals surface area contributed by atoms with Crippen molar-refractivity contribution in [2.45, 2.75) is 25.9 Å². The number of ether oxygens (including phenoxy) is 1. The molecule has 0 saturated carbocycles. The average Bonchev–Trinajstić information content (AvgIpc) is 2.25. The number of hydrogen-bond donors (Lipinski definition) is 2. The second kappa shape index (κ2) is 5.44. The van der Waals surface area contributed by atoms with Crippen molar-refractivity contribution in [1.82, 2.24) is 4.98 Å². The molecule has 0 amide bonds. The highest BCUT2D eigenvalue weighted by Crippen LogP contribution is 2.32. The number of nitrogens with two attached hydrogens (primary N) is 1. The van der Waals surface area contributed by atoms with E-state index in [2.05, 4.69) is 9.72 Å². The van der Waals surface area contributed by atoms with Crippen LogP contribution >= 0.6 is 0 Å². The second-order valence-corrected chi connectivity index (χ2v) is 3.19. The van der Waals surface area contributed by atoms with Crippen molar-refractivity contribution < 1.29 is 31.8 Å². The topological polar surface area (TPSA) is 68.4 Å². The molecule has 3 N–H and O–H groups in total. The summed E-state index contributed by atoms with van der Waals surface area (Å²) in [5, 5.41) is 8.86. The van der Waals surface area contributed by atoms with E-state index >= 15 is 0 Å². The molecule has 0 aliphatic carbocycles. The lowest BCUT2D eigenvalue weighted by molar-refractivity contribution is -0.275. The minimum Gasteiger partial charge on any atom is -0.405 e. The molecule has 0 bridgehead atoms. The molecule has 9 heteroatoms. The van der Waals surface area contributed by atoms with Crippen LogP contribution in [-0.4, -0.2) is 16.5 Å². The molecule has 0 fully saturated rings. The molecule has 0 aliphatic rings. The van der Waals surface area contributed by atoms with Gasteiger partial charge in [-0.2, -0.15) is 0 Å². The molecule has 1 aromatic rings. The van der Waals surface area contributed by atoms with Crippen LogP contribution in [0.15, 0.2) is 6.07 Å². The molecule has 0 radical (unpaired) electrons. The van der Waals surface area contributed by atoms with Crippen LogP contribution in [0, 0.1) is 0 Å². The summed E-state index contributed by atoms with van der Waals surface area (Å²) in [6.45, 7) is -1.39. The Bertz CT molecular complexity index is 422. The third-order valence-electron chi connectivity index (χ3n) is 1.97. The summed E-state index contributed by atoms with van der Waals surface area (Å²) in [6.07, 6.45) is -8.20. The molecule has 0 aliphatic heterocycles. The quantitative estimate of drug-likeness (QED) is 0.821. The van der Waals surface area contributed by atoms with Gasteiger partial charge in [0.05, 0.1) is 12.3 Å². The summed E-state index contributed by atoms with van der Waals surface area (Å²) < 4.78 is 65.0. The summed E-state index contributed by atoms with van der Waals surface area (Å²) in [4.78, 5) is 3.37. The molecule has 0 atom stereocenters. The molecular weight excluding hydrogens is 263 g/mol. The van der Waals surface area contributed by atoms with Crippen LogP contribution in [0.5, 0.6) is 5.75 Å². The first-order chi connectivity index (χ1) is 8.28. The Morgan fingerprint density at radius 3 is 2.39 bits per heavy atom. The van der Waals surface area contributed by atoms with Gasteiger partial charge >= 0.3 is 6.36 Å². The summed E-state index contributed by atoms with van der Waals surface area (Å²) in [7, 11) is 0. The van der Waals surface area contributed by atoms with Crippen molar-refractivity contribution in [3.63, 3.8) is 0 Å². The van der Waals surface area contributed by atoms with E-state index in [0.717, 1.165) is 6.07 Å². The maximum atomic E-state index is 12.6. The van der Waals surface area contributed by atoms with Crippen LogP contribution in [0.4, 0.5) is 22.0 Å². The van der Waals surface area contributed by atoms with Gasteiger partial charge in [0.1, 0.15) is 11.4 Å². The Balaban J connectivity index is 3.33. The minimum absolute atomic E-state index is 0.193. The summed E-state index contributed by atoms with van der Waals surface area (Å²) in [5.41, 5.74) is 3.26. The monoisotopic (exact) mass is 272 g/mol. The van der Waals surface area contributed by atoms with Gasteiger partial charge in [-0.3, -0.25) is 0 Å². The zero-order valence-electron chi connectivity index (χ0n) is 8.84. The van der Waals surface area contributed by atoms with Crippen molar-refractivity contribution >= 4 is 0 Å². The number of hydrogen-bond acceptors (Lipinski definition) is 4. The van der Waals surface area contributed by atoms with Gasteiger partial charge in [-0.25, -0.2) is 13.8 Å². The van der Waals surface area contributed by atoms with Gasteiger partial charge < -0.3 is 15.6 Å². The summed E-state index contributed by atoms with van der Waals surface area (Å²) in [6, 6.07) is 0.769. The number of halogens is 5. The van der Waals surface area contributed by atoms with E-state index in [4.69, 9.17) is 10.8 Å². The summed E-state index contributed by atoms with van der Waals surface area (Å²) >= 11 is 0. The van der Waals surface area contributed by atoms with Crippen LogP contribution in [0.1, 0.15) is 23.4 Å². The number of aliphatic hydroxyl groups excluding tert-OH is 1. The molecule has 1 heterocycles. The predicted molar refractivity (Wildman–Crippen MR) is 49.7 cm³/mol. The first-order valence-electron chi connectivity index (χ1n) is 4.66. The molecule has 0 aromatic carbocycles. The Labute approximate surface area is 98.2 Å². The van der Waals surface area contributed by atoms with E-state index in [9.17, 15) is 22.0 Å². The minimum atomic E-state index is -5.06. The smallest absolute Gasteiger partial charge is 0.405 e. The number of alkyl halides is 5. The van der Waals surface area contributed by atoms with Crippen molar-refractivity contribution in [2.75, 3.05) is 0 Å².